The van der Waals surface area contributed by atoms with Crippen molar-refractivity contribution in [1.29, 1.82) is 0 Å². The molecule has 1 aromatic heterocycles. The van der Waals surface area contributed by atoms with Gasteiger partial charge in [0.2, 0.25) is 5.91 Å². The van der Waals surface area contributed by atoms with Gasteiger partial charge in [0.05, 0.1) is 0 Å². The second-order valence-corrected chi connectivity index (χ2v) is 7.18. The van der Waals surface area contributed by atoms with Crippen LogP contribution in [0.4, 0.5) is 0 Å². The van der Waals surface area contributed by atoms with E-state index in [-0.39, 0.29) is 17.3 Å². The Morgan fingerprint density at radius 1 is 1.24 bits per heavy atom. The van der Waals surface area contributed by atoms with Gasteiger partial charge in [0.1, 0.15) is 11.4 Å². The fourth-order valence-corrected chi connectivity index (χ4v) is 3.42. The number of fused-ring (bicyclic) bond motifs is 1. The van der Waals surface area contributed by atoms with Crippen molar-refractivity contribution in [1.82, 2.24) is 9.47 Å². The number of carbonyl (C=O) groups excluding carboxylic acids is 1. The van der Waals surface area contributed by atoms with E-state index in [1.165, 1.54) is 6.20 Å². The molecule has 0 N–H and O–H groups in total. The van der Waals surface area contributed by atoms with Crippen LogP contribution in [0.25, 0.3) is 10.9 Å². The van der Waals surface area contributed by atoms with E-state index in [1.807, 2.05) is 13.8 Å². The molecule has 1 heterocycles. The van der Waals surface area contributed by atoms with Gasteiger partial charge in [-0.3, -0.25) is 4.79 Å². The molecule has 0 bridgehead atoms. The van der Waals surface area contributed by atoms with Gasteiger partial charge in [-0.2, -0.15) is 0 Å². The van der Waals surface area contributed by atoms with Crippen molar-refractivity contribution in [3.05, 3.63) is 30.5 Å². The van der Waals surface area contributed by atoms with Crippen LogP contribution in [0.1, 0.15) is 13.8 Å². The molecule has 21 heavy (non-hydrogen) atoms. The van der Waals surface area contributed by atoms with Crippen LogP contribution < -0.4 is 0 Å². The fraction of sp³-hybridized carbons (Fsp3) is 0.357. The van der Waals surface area contributed by atoms with Gasteiger partial charge in [-0.25, -0.2) is 8.42 Å². The van der Waals surface area contributed by atoms with Gasteiger partial charge < -0.3 is 9.47 Å². The zero-order chi connectivity index (χ0) is 15.6. The van der Waals surface area contributed by atoms with Crippen molar-refractivity contribution in [3.63, 3.8) is 0 Å². The zero-order valence-corrected chi connectivity index (χ0v) is 13.5. The van der Waals surface area contributed by atoms with E-state index < -0.39 is 9.05 Å². The Hall–Kier alpha value is -1.53. The Balaban J connectivity index is 2.48. The number of nitrogens with zero attached hydrogens (tertiary/aromatic N) is 2. The molecule has 0 spiro atoms. The minimum absolute atomic E-state index is 0.0344. The van der Waals surface area contributed by atoms with E-state index in [9.17, 15) is 13.2 Å². The largest absolute Gasteiger partial charge is 0.342 e. The molecule has 0 fully saturated rings. The number of halogens is 1. The first-order valence-electron chi connectivity index (χ1n) is 6.68. The molecule has 0 unspecified atom stereocenters. The van der Waals surface area contributed by atoms with Gasteiger partial charge >= 0.3 is 0 Å². The van der Waals surface area contributed by atoms with Crippen molar-refractivity contribution >= 4 is 36.5 Å². The van der Waals surface area contributed by atoms with Gasteiger partial charge in [-0.05, 0) is 19.9 Å². The second-order valence-electron chi connectivity index (χ2n) is 4.64. The standard InChI is InChI=1S/C14H17ClN2O3S/c1-3-16(4-2)14(18)10-17-9-13(21(15,19)20)11-7-5-6-8-12(11)17/h5-9H,3-4,10H2,1-2H3. The molecule has 1 aromatic carbocycles. The Morgan fingerprint density at radius 2 is 1.86 bits per heavy atom. The van der Waals surface area contributed by atoms with Gasteiger partial charge in [-0.15, -0.1) is 0 Å². The normalized spacial score (nSPS) is 11.8. The number of benzene rings is 1. The quantitative estimate of drug-likeness (QED) is 0.792. The highest BCUT2D eigenvalue weighted by Gasteiger charge is 2.20. The molecule has 1 amide bonds. The van der Waals surface area contributed by atoms with E-state index in [1.54, 1.807) is 33.7 Å². The van der Waals surface area contributed by atoms with Crippen molar-refractivity contribution in [3.8, 4) is 0 Å². The average molecular weight is 329 g/mol. The summed E-state index contributed by atoms with van der Waals surface area (Å²) in [5.41, 5.74) is 0.678. The lowest BCUT2D eigenvalue weighted by atomic mass is 10.2. The molecule has 0 radical (unpaired) electrons. The zero-order valence-electron chi connectivity index (χ0n) is 11.9. The lowest BCUT2D eigenvalue weighted by Gasteiger charge is -2.19. The number of hydrogen-bond donors (Lipinski definition) is 0. The smallest absolute Gasteiger partial charge is 0.263 e. The number of carbonyl (C=O) groups is 1. The van der Waals surface area contributed by atoms with E-state index in [2.05, 4.69) is 0 Å². The van der Waals surface area contributed by atoms with Crippen LogP contribution >= 0.6 is 10.7 Å². The lowest BCUT2D eigenvalue weighted by molar-refractivity contribution is -0.131. The summed E-state index contributed by atoms with van der Waals surface area (Å²) in [6.45, 7) is 5.15. The maximum atomic E-state index is 12.2. The topological polar surface area (TPSA) is 59.4 Å². The predicted octanol–water partition coefficient (Wildman–Crippen LogP) is 2.44. The maximum Gasteiger partial charge on any atom is 0.263 e. The van der Waals surface area contributed by atoms with Gasteiger partial charge in [-0.1, -0.05) is 18.2 Å². The van der Waals surface area contributed by atoms with Crippen LogP contribution in [0.15, 0.2) is 35.4 Å². The third kappa shape index (κ3) is 3.22. The van der Waals surface area contributed by atoms with Crippen molar-refractivity contribution < 1.29 is 13.2 Å². The van der Waals surface area contributed by atoms with Crippen molar-refractivity contribution in [2.45, 2.75) is 25.3 Å². The number of hydrogen-bond acceptors (Lipinski definition) is 3. The maximum absolute atomic E-state index is 12.2. The van der Waals surface area contributed by atoms with Crippen LogP contribution in [0, 0.1) is 0 Å². The number of likely N-dealkylation sites (N-methyl/N-ethyl adjacent to an activating group) is 1. The molecule has 0 aliphatic carbocycles. The van der Waals surface area contributed by atoms with Crippen LogP contribution in [0.5, 0.6) is 0 Å². The molecule has 7 heteroatoms. The second kappa shape index (κ2) is 6.07. The highest BCUT2D eigenvalue weighted by molar-refractivity contribution is 8.14. The Bertz CT molecular complexity index is 764. The minimum atomic E-state index is -3.85. The number of rotatable bonds is 5. The van der Waals surface area contributed by atoms with E-state index in [0.29, 0.717) is 24.0 Å². The Labute approximate surface area is 128 Å². The third-order valence-corrected chi connectivity index (χ3v) is 4.79. The summed E-state index contributed by atoms with van der Waals surface area (Å²) in [4.78, 5) is 13.9. The van der Waals surface area contributed by atoms with Gasteiger partial charge in [0.15, 0.2) is 0 Å². The molecule has 0 atom stereocenters. The van der Waals surface area contributed by atoms with Crippen molar-refractivity contribution in [2.75, 3.05) is 13.1 Å². The Kier molecular flexibility index (Phi) is 4.58. The summed E-state index contributed by atoms with van der Waals surface area (Å²) in [6, 6.07) is 7.00. The van der Waals surface area contributed by atoms with Crippen molar-refractivity contribution in [2.24, 2.45) is 0 Å². The fourth-order valence-electron chi connectivity index (χ4n) is 2.36. The highest BCUT2D eigenvalue weighted by Crippen LogP contribution is 2.27. The lowest BCUT2D eigenvalue weighted by Crippen LogP contribution is -2.33. The molecule has 2 aromatic rings. The van der Waals surface area contributed by atoms with Gasteiger partial charge in [0.25, 0.3) is 9.05 Å². The number of aromatic nitrogens is 1. The van der Waals surface area contributed by atoms with Crippen LogP contribution in [0.2, 0.25) is 0 Å². The number of amides is 1. The van der Waals surface area contributed by atoms with Crippen LogP contribution in [0.3, 0.4) is 0 Å². The van der Waals surface area contributed by atoms with E-state index in [4.69, 9.17) is 10.7 Å². The molecular weight excluding hydrogens is 312 g/mol. The summed E-state index contributed by atoms with van der Waals surface area (Å²) in [6.07, 6.45) is 1.42. The third-order valence-electron chi connectivity index (χ3n) is 3.44. The van der Waals surface area contributed by atoms with Gasteiger partial charge in [0, 0.05) is 40.9 Å². The van der Waals surface area contributed by atoms with E-state index >= 15 is 0 Å². The van der Waals surface area contributed by atoms with Crippen LogP contribution in [-0.4, -0.2) is 36.9 Å². The Morgan fingerprint density at radius 3 is 2.43 bits per heavy atom. The molecular formula is C14H17ClN2O3S. The molecule has 114 valence electrons. The molecule has 0 saturated carbocycles. The molecule has 5 nitrogen and oxygen atoms in total. The number of para-hydroxylation sites is 1. The predicted molar refractivity (Wildman–Crippen MR) is 82.9 cm³/mol. The SMILES string of the molecule is CCN(CC)C(=O)Cn1cc(S(=O)(=O)Cl)c2ccccc21. The van der Waals surface area contributed by atoms with E-state index in [0.717, 1.165) is 0 Å². The summed E-state index contributed by atoms with van der Waals surface area (Å²) in [5.74, 6) is -0.0562. The first-order chi connectivity index (χ1) is 9.88. The highest BCUT2D eigenvalue weighted by atomic mass is 35.7. The molecule has 0 aliphatic heterocycles. The minimum Gasteiger partial charge on any atom is -0.342 e. The average Bonchev–Trinajstić information content (AvgIpc) is 2.79. The van der Waals surface area contributed by atoms with Crippen LogP contribution in [-0.2, 0) is 20.4 Å². The summed E-state index contributed by atoms with van der Waals surface area (Å²) >= 11 is 0. The molecule has 0 saturated heterocycles. The summed E-state index contributed by atoms with van der Waals surface area (Å²) < 4.78 is 24.9. The first kappa shape index (κ1) is 15.9. The summed E-state index contributed by atoms with van der Waals surface area (Å²) in [7, 11) is 1.62. The molecule has 0 aliphatic rings. The first-order valence-corrected chi connectivity index (χ1v) is 8.99. The molecule has 2 rings (SSSR count). The summed E-state index contributed by atoms with van der Waals surface area (Å²) in [5, 5.41) is 0.528. The monoisotopic (exact) mass is 328 g/mol.